The first-order valence-corrected chi connectivity index (χ1v) is 9.91. The number of fused-ring (bicyclic) bond motifs is 1. The fraction of sp³-hybridized carbons (Fsp3) is 0.474. The second kappa shape index (κ2) is 6.72. The van der Waals surface area contributed by atoms with Gasteiger partial charge < -0.3 is 4.90 Å². The lowest BCUT2D eigenvalue weighted by Crippen LogP contribution is -2.27. The molecule has 1 fully saturated rings. The lowest BCUT2D eigenvalue weighted by atomic mass is 9.96. The Kier molecular flexibility index (Phi) is 4.60. The maximum absolute atomic E-state index is 13.8. The molecule has 1 aliphatic rings. The van der Waals surface area contributed by atoms with E-state index in [-0.39, 0.29) is 24.9 Å². The third-order valence-corrected chi connectivity index (χ3v) is 5.46. The van der Waals surface area contributed by atoms with Crippen molar-refractivity contribution in [2.24, 2.45) is 0 Å². The lowest BCUT2D eigenvalue weighted by Gasteiger charge is -2.21. The summed E-state index contributed by atoms with van der Waals surface area (Å²) in [6.45, 7) is 6.28. The molecule has 3 heterocycles. The molecule has 0 N–H and O–H groups in total. The highest BCUT2D eigenvalue weighted by Gasteiger charge is 2.40. The van der Waals surface area contributed by atoms with E-state index in [1.165, 1.54) is 0 Å². The Morgan fingerprint density at radius 3 is 2.54 bits per heavy atom. The van der Waals surface area contributed by atoms with Gasteiger partial charge in [-0.05, 0) is 11.6 Å². The van der Waals surface area contributed by atoms with E-state index in [0.717, 1.165) is 10.0 Å². The molecule has 2 aromatic heterocycles. The van der Waals surface area contributed by atoms with Crippen LogP contribution in [0.4, 0.5) is 14.6 Å². The molecule has 3 aromatic rings. The van der Waals surface area contributed by atoms with Crippen molar-refractivity contribution in [2.45, 2.75) is 45.1 Å². The molecule has 0 bridgehead atoms. The van der Waals surface area contributed by atoms with Crippen LogP contribution < -0.4 is 4.90 Å². The van der Waals surface area contributed by atoms with Crippen LogP contribution in [-0.2, 0) is 12.0 Å². The number of nitrogens with zero attached hydrogens (tertiary/aromatic N) is 6. The topological polar surface area (TPSA) is 59.7 Å². The van der Waals surface area contributed by atoms with Gasteiger partial charge in [0.1, 0.15) is 5.82 Å². The SMILES string of the molecule is CC(C)(C)c1nc(N2CCC(F)(F)C2)c2nn(Cc3ccccc3Br)nc2n1. The minimum Gasteiger partial charge on any atom is -0.348 e. The van der Waals surface area contributed by atoms with Crippen LogP contribution in [0.5, 0.6) is 0 Å². The molecule has 0 radical (unpaired) electrons. The number of halogens is 3. The van der Waals surface area contributed by atoms with E-state index in [1.807, 2.05) is 45.0 Å². The second-order valence-corrected chi connectivity index (χ2v) is 9.00. The number of aromatic nitrogens is 5. The zero-order valence-corrected chi connectivity index (χ0v) is 17.5. The molecule has 1 aromatic carbocycles. The molecule has 1 aliphatic heterocycles. The van der Waals surface area contributed by atoms with E-state index < -0.39 is 5.92 Å². The molecule has 0 spiro atoms. The molecule has 148 valence electrons. The van der Waals surface area contributed by atoms with Crippen LogP contribution in [0.15, 0.2) is 28.7 Å². The molecular formula is C19H21BrF2N6. The first kappa shape index (κ1) is 19.2. The smallest absolute Gasteiger partial charge is 0.266 e. The average molecular weight is 451 g/mol. The number of anilines is 1. The van der Waals surface area contributed by atoms with Crippen LogP contribution in [0.3, 0.4) is 0 Å². The van der Waals surface area contributed by atoms with Crippen molar-refractivity contribution in [3.05, 3.63) is 40.1 Å². The minimum absolute atomic E-state index is 0.186. The first-order valence-electron chi connectivity index (χ1n) is 9.12. The monoisotopic (exact) mass is 450 g/mol. The summed E-state index contributed by atoms with van der Waals surface area (Å²) in [5.41, 5.74) is 1.56. The van der Waals surface area contributed by atoms with Crippen molar-refractivity contribution in [3.63, 3.8) is 0 Å². The van der Waals surface area contributed by atoms with Crippen LogP contribution in [-0.4, -0.2) is 44.0 Å². The largest absolute Gasteiger partial charge is 0.348 e. The number of benzene rings is 1. The van der Waals surface area contributed by atoms with E-state index in [4.69, 9.17) is 0 Å². The fourth-order valence-corrected chi connectivity index (χ4v) is 3.57. The minimum atomic E-state index is -2.72. The second-order valence-electron chi connectivity index (χ2n) is 8.14. The number of hydrogen-bond donors (Lipinski definition) is 0. The van der Waals surface area contributed by atoms with Gasteiger partial charge in [-0.1, -0.05) is 54.9 Å². The van der Waals surface area contributed by atoms with Crippen LogP contribution in [0, 0.1) is 0 Å². The molecule has 0 atom stereocenters. The molecule has 28 heavy (non-hydrogen) atoms. The summed E-state index contributed by atoms with van der Waals surface area (Å²) in [5, 5.41) is 9.05. The Bertz CT molecular complexity index is 1030. The summed E-state index contributed by atoms with van der Waals surface area (Å²) in [7, 11) is 0. The van der Waals surface area contributed by atoms with Crippen LogP contribution >= 0.6 is 15.9 Å². The quantitative estimate of drug-likeness (QED) is 0.598. The van der Waals surface area contributed by atoms with Crippen molar-refractivity contribution in [1.82, 2.24) is 25.0 Å². The van der Waals surface area contributed by atoms with E-state index in [2.05, 4.69) is 36.1 Å². The van der Waals surface area contributed by atoms with E-state index in [1.54, 1.807) is 9.70 Å². The Morgan fingerprint density at radius 1 is 1.14 bits per heavy atom. The normalized spacial score (nSPS) is 16.9. The van der Waals surface area contributed by atoms with E-state index in [0.29, 0.717) is 29.4 Å². The Labute approximate surface area is 170 Å². The predicted molar refractivity (Wildman–Crippen MR) is 107 cm³/mol. The summed E-state index contributed by atoms with van der Waals surface area (Å²) in [6.07, 6.45) is -0.186. The summed E-state index contributed by atoms with van der Waals surface area (Å²) in [5.74, 6) is -1.71. The molecule has 6 nitrogen and oxygen atoms in total. The highest BCUT2D eigenvalue weighted by molar-refractivity contribution is 9.10. The van der Waals surface area contributed by atoms with Gasteiger partial charge in [-0.15, -0.1) is 10.2 Å². The maximum atomic E-state index is 13.8. The fourth-order valence-electron chi connectivity index (χ4n) is 3.16. The summed E-state index contributed by atoms with van der Waals surface area (Å²) < 4.78 is 28.6. The van der Waals surface area contributed by atoms with Crippen molar-refractivity contribution < 1.29 is 8.78 Å². The lowest BCUT2D eigenvalue weighted by molar-refractivity contribution is 0.0257. The first-order chi connectivity index (χ1) is 13.1. The van der Waals surface area contributed by atoms with Crippen molar-refractivity contribution in [2.75, 3.05) is 18.0 Å². The van der Waals surface area contributed by atoms with Gasteiger partial charge in [0.05, 0.1) is 13.1 Å². The third kappa shape index (κ3) is 3.72. The van der Waals surface area contributed by atoms with Crippen molar-refractivity contribution in [3.8, 4) is 0 Å². The van der Waals surface area contributed by atoms with Crippen LogP contribution in [0.25, 0.3) is 11.2 Å². The Balaban J connectivity index is 1.80. The van der Waals surface area contributed by atoms with Crippen molar-refractivity contribution in [1.29, 1.82) is 0 Å². The maximum Gasteiger partial charge on any atom is 0.266 e. The van der Waals surface area contributed by atoms with Gasteiger partial charge in [0.25, 0.3) is 5.92 Å². The van der Waals surface area contributed by atoms with Crippen molar-refractivity contribution >= 4 is 32.9 Å². The molecule has 9 heteroatoms. The number of alkyl halides is 2. The van der Waals surface area contributed by atoms with Crippen LogP contribution in [0.2, 0.25) is 0 Å². The number of hydrogen-bond acceptors (Lipinski definition) is 5. The highest BCUT2D eigenvalue weighted by Crippen LogP contribution is 2.34. The predicted octanol–water partition coefficient (Wildman–Crippen LogP) is 4.18. The van der Waals surface area contributed by atoms with Gasteiger partial charge in [-0.3, -0.25) is 0 Å². The molecule has 0 amide bonds. The van der Waals surface area contributed by atoms with Gasteiger partial charge in [-0.25, -0.2) is 18.7 Å². The van der Waals surface area contributed by atoms with E-state index in [9.17, 15) is 8.78 Å². The highest BCUT2D eigenvalue weighted by atomic mass is 79.9. The molecule has 0 unspecified atom stereocenters. The standard InChI is InChI=1S/C19H21BrF2N6/c1-18(2,3)17-23-15-14(16(24-17)27-9-8-19(21,22)11-27)25-28(26-15)10-12-6-4-5-7-13(12)20/h4-7H,8-11H2,1-3H3. The Morgan fingerprint density at radius 2 is 1.89 bits per heavy atom. The van der Waals surface area contributed by atoms with Gasteiger partial charge >= 0.3 is 0 Å². The summed E-state index contributed by atoms with van der Waals surface area (Å²) in [6, 6.07) is 7.81. The third-order valence-electron chi connectivity index (χ3n) is 4.68. The van der Waals surface area contributed by atoms with E-state index >= 15 is 0 Å². The van der Waals surface area contributed by atoms with Gasteiger partial charge in [0.2, 0.25) is 5.65 Å². The Hall–Kier alpha value is -2.16. The molecule has 0 aliphatic carbocycles. The van der Waals surface area contributed by atoms with Crippen LogP contribution in [0.1, 0.15) is 38.6 Å². The van der Waals surface area contributed by atoms with Gasteiger partial charge in [0, 0.05) is 22.9 Å². The molecule has 4 rings (SSSR count). The molecule has 0 saturated carbocycles. The van der Waals surface area contributed by atoms with Gasteiger partial charge in [0.15, 0.2) is 11.3 Å². The zero-order valence-electron chi connectivity index (χ0n) is 16.0. The van der Waals surface area contributed by atoms with Gasteiger partial charge in [-0.2, -0.15) is 4.80 Å². The molecule has 1 saturated heterocycles. The zero-order chi connectivity index (χ0) is 20.1. The summed E-state index contributed by atoms with van der Waals surface area (Å²) >= 11 is 3.53. The molecular weight excluding hydrogens is 430 g/mol. The average Bonchev–Trinajstić information content (AvgIpc) is 3.17. The number of rotatable bonds is 3. The summed E-state index contributed by atoms with van der Waals surface area (Å²) in [4.78, 5) is 12.3.